The van der Waals surface area contributed by atoms with Crippen LogP contribution in [0.4, 0.5) is 0 Å². The van der Waals surface area contributed by atoms with Gasteiger partial charge in [-0.2, -0.15) is 0 Å². The molecule has 0 atom stereocenters. The number of aromatic nitrogens is 2. The molecule has 1 aromatic rings. The first-order valence-electron chi connectivity index (χ1n) is 6.71. The van der Waals surface area contributed by atoms with E-state index in [4.69, 9.17) is 9.31 Å². The van der Waals surface area contributed by atoms with E-state index in [2.05, 4.69) is 30.7 Å². The van der Waals surface area contributed by atoms with Crippen molar-refractivity contribution in [2.75, 3.05) is 0 Å². The van der Waals surface area contributed by atoms with E-state index in [1.54, 1.807) is 6.33 Å². The van der Waals surface area contributed by atoms with Crippen LogP contribution in [0.2, 0.25) is 0 Å². The van der Waals surface area contributed by atoms with Crippen LogP contribution >= 0.6 is 0 Å². The highest BCUT2D eigenvalue weighted by Gasteiger charge is 2.52. The van der Waals surface area contributed by atoms with Crippen LogP contribution in [0.3, 0.4) is 0 Å². The zero-order chi connectivity index (χ0) is 14.5. The van der Waals surface area contributed by atoms with Gasteiger partial charge in [0.15, 0.2) is 0 Å². The van der Waals surface area contributed by atoms with Crippen molar-refractivity contribution in [3.8, 4) is 0 Å². The molecular formula is C14H23BN2O2. The lowest BCUT2D eigenvalue weighted by molar-refractivity contribution is 0.00578. The lowest BCUT2D eigenvalue weighted by Gasteiger charge is -2.32. The van der Waals surface area contributed by atoms with Crippen LogP contribution in [0.1, 0.15) is 54.2 Å². The van der Waals surface area contributed by atoms with Gasteiger partial charge >= 0.3 is 7.12 Å². The molecule has 4 nitrogen and oxygen atoms in total. The summed E-state index contributed by atoms with van der Waals surface area (Å²) in [6.07, 6.45) is 1.58. The molecule has 5 heteroatoms. The van der Waals surface area contributed by atoms with Gasteiger partial charge in [0.25, 0.3) is 0 Å². The van der Waals surface area contributed by atoms with Crippen molar-refractivity contribution in [3.05, 3.63) is 18.1 Å². The Bertz CT molecular complexity index is 465. The maximum atomic E-state index is 6.01. The van der Waals surface area contributed by atoms with Crippen molar-refractivity contribution in [1.29, 1.82) is 0 Å². The van der Waals surface area contributed by atoms with Crippen molar-refractivity contribution < 1.29 is 9.31 Å². The van der Waals surface area contributed by atoms with E-state index < -0.39 is 7.12 Å². The van der Waals surface area contributed by atoms with Gasteiger partial charge < -0.3 is 9.31 Å². The van der Waals surface area contributed by atoms with E-state index in [0.29, 0.717) is 0 Å². The topological polar surface area (TPSA) is 44.2 Å². The number of nitrogens with zero attached hydrogens (tertiary/aromatic N) is 2. The summed E-state index contributed by atoms with van der Waals surface area (Å²) < 4.78 is 12.0. The summed E-state index contributed by atoms with van der Waals surface area (Å²) in [6, 6.07) is 1.97. The van der Waals surface area contributed by atoms with E-state index in [1.165, 1.54) is 0 Å². The largest absolute Gasteiger partial charge is 0.514 e. The van der Waals surface area contributed by atoms with Crippen molar-refractivity contribution in [1.82, 2.24) is 9.97 Å². The average Bonchev–Trinajstić information content (AvgIpc) is 2.47. The lowest BCUT2D eigenvalue weighted by atomic mass is 9.81. The van der Waals surface area contributed by atoms with Gasteiger partial charge in [-0.1, -0.05) is 20.8 Å². The SMILES string of the molecule is CC(C)(C)c1cc(B2OC(C)(C)C(C)(C)O2)ncn1. The summed E-state index contributed by atoms with van der Waals surface area (Å²) in [4.78, 5) is 8.64. The Hall–Kier alpha value is -0.935. The molecule has 1 aromatic heterocycles. The summed E-state index contributed by atoms with van der Waals surface area (Å²) in [7, 11) is -0.422. The average molecular weight is 262 g/mol. The van der Waals surface area contributed by atoms with E-state index in [9.17, 15) is 0 Å². The number of hydrogen-bond donors (Lipinski definition) is 0. The third kappa shape index (κ3) is 2.67. The van der Waals surface area contributed by atoms with Crippen LogP contribution in [0.15, 0.2) is 12.4 Å². The van der Waals surface area contributed by atoms with Crippen LogP contribution in [0.5, 0.6) is 0 Å². The van der Waals surface area contributed by atoms with Crippen LogP contribution in [-0.4, -0.2) is 28.3 Å². The smallest absolute Gasteiger partial charge is 0.398 e. The van der Waals surface area contributed by atoms with Gasteiger partial charge in [-0.05, 0) is 33.8 Å². The van der Waals surface area contributed by atoms with Crippen LogP contribution < -0.4 is 5.59 Å². The lowest BCUT2D eigenvalue weighted by Crippen LogP contribution is -2.41. The highest BCUT2D eigenvalue weighted by Crippen LogP contribution is 2.36. The summed E-state index contributed by atoms with van der Waals surface area (Å²) in [5.41, 5.74) is 1.09. The Morgan fingerprint density at radius 2 is 1.53 bits per heavy atom. The first-order valence-corrected chi connectivity index (χ1v) is 6.71. The Labute approximate surface area is 116 Å². The highest BCUT2D eigenvalue weighted by atomic mass is 16.7. The molecule has 0 amide bonds. The van der Waals surface area contributed by atoms with Crippen molar-refractivity contribution in [2.45, 2.75) is 65.1 Å². The fourth-order valence-electron chi connectivity index (χ4n) is 1.88. The minimum Gasteiger partial charge on any atom is -0.398 e. The minimum absolute atomic E-state index is 0.0126. The number of hydrogen-bond acceptors (Lipinski definition) is 4. The summed E-state index contributed by atoms with van der Waals surface area (Å²) in [5, 5.41) is 0. The van der Waals surface area contributed by atoms with E-state index in [0.717, 1.165) is 11.3 Å². The molecule has 0 aliphatic carbocycles. The van der Waals surface area contributed by atoms with E-state index in [1.807, 2.05) is 33.8 Å². The molecule has 0 radical (unpaired) electrons. The van der Waals surface area contributed by atoms with Crippen molar-refractivity contribution in [3.63, 3.8) is 0 Å². The first kappa shape index (κ1) is 14.5. The van der Waals surface area contributed by atoms with Crippen molar-refractivity contribution in [2.24, 2.45) is 0 Å². The fourth-order valence-corrected chi connectivity index (χ4v) is 1.88. The van der Waals surface area contributed by atoms with Gasteiger partial charge in [0.05, 0.1) is 16.8 Å². The second-order valence-electron chi connectivity index (χ2n) is 7.17. The fraction of sp³-hybridized carbons (Fsp3) is 0.714. The Kier molecular flexibility index (Phi) is 3.26. The van der Waals surface area contributed by atoms with Crippen LogP contribution in [-0.2, 0) is 14.7 Å². The molecule has 1 fully saturated rings. The van der Waals surface area contributed by atoms with Crippen LogP contribution in [0.25, 0.3) is 0 Å². The van der Waals surface area contributed by atoms with E-state index in [-0.39, 0.29) is 16.6 Å². The molecule has 2 rings (SSSR count). The molecule has 1 aliphatic rings. The molecule has 0 N–H and O–H groups in total. The predicted octanol–water partition coefficient (Wildman–Crippen LogP) is 2.07. The molecule has 0 spiro atoms. The summed E-state index contributed by atoms with van der Waals surface area (Å²) >= 11 is 0. The van der Waals surface area contributed by atoms with E-state index >= 15 is 0 Å². The van der Waals surface area contributed by atoms with Gasteiger partial charge in [-0.15, -0.1) is 0 Å². The third-order valence-corrected chi connectivity index (χ3v) is 3.95. The Morgan fingerprint density at radius 3 is 2.00 bits per heavy atom. The standard InChI is InChI=1S/C14H23BN2O2/c1-12(2,3)10-8-11(17-9-16-10)15-18-13(4,5)14(6,7)19-15/h8-9H,1-7H3. The molecule has 0 bridgehead atoms. The zero-order valence-corrected chi connectivity index (χ0v) is 12.9. The molecule has 0 saturated carbocycles. The quantitative estimate of drug-likeness (QED) is 0.727. The molecule has 19 heavy (non-hydrogen) atoms. The molecule has 104 valence electrons. The Morgan fingerprint density at radius 1 is 1.00 bits per heavy atom. The summed E-state index contributed by atoms with van der Waals surface area (Å²) in [6.45, 7) is 14.5. The normalized spacial score (nSPS) is 21.7. The van der Waals surface area contributed by atoms with Gasteiger partial charge in [0.2, 0.25) is 0 Å². The third-order valence-electron chi connectivity index (χ3n) is 3.95. The molecule has 1 saturated heterocycles. The maximum Gasteiger partial charge on any atom is 0.514 e. The summed E-state index contributed by atoms with van der Waals surface area (Å²) in [5.74, 6) is 0. The molecular weight excluding hydrogens is 239 g/mol. The Balaban J connectivity index is 2.30. The predicted molar refractivity (Wildman–Crippen MR) is 76.4 cm³/mol. The second-order valence-corrected chi connectivity index (χ2v) is 7.17. The van der Waals surface area contributed by atoms with Gasteiger partial charge in [-0.25, -0.2) is 9.97 Å². The minimum atomic E-state index is -0.422. The number of rotatable bonds is 1. The maximum absolute atomic E-state index is 6.01. The van der Waals surface area contributed by atoms with Gasteiger partial charge in [0, 0.05) is 11.1 Å². The zero-order valence-electron chi connectivity index (χ0n) is 12.9. The highest BCUT2D eigenvalue weighted by molar-refractivity contribution is 6.61. The van der Waals surface area contributed by atoms with Crippen LogP contribution in [0, 0.1) is 0 Å². The van der Waals surface area contributed by atoms with Gasteiger partial charge in [-0.3, -0.25) is 0 Å². The molecule has 2 heterocycles. The molecule has 1 aliphatic heterocycles. The van der Waals surface area contributed by atoms with Gasteiger partial charge in [0.1, 0.15) is 6.33 Å². The first-order chi connectivity index (χ1) is 8.53. The van der Waals surface area contributed by atoms with Crippen molar-refractivity contribution >= 4 is 12.7 Å². The second kappa shape index (κ2) is 4.28. The monoisotopic (exact) mass is 262 g/mol. The molecule has 0 aromatic carbocycles. The molecule has 0 unspecified atom stereocenters.